The van der Waals surface area contributed by atoms with Crippen LogP contribution in [-0.2, 0) is 4.74 Å². The van der Waals surface area contributed by atoms with Crippen molar-refractivity contribution in [2.24, 2.45) is 0 Å². The zero-order chi connectivity index (χ0) is 24.7. The molecule has 4 aromatic rings. The highest BCUT2D eigenvalue weighted by molar-refractivity contribution is 5.60. The van der Waals surface area contributed by atoms with Crippen molar-refractivity contribution in [3.05, 3.63) is 54.0 Å². The van der Waals surface area contributed by atoms with Gasteiger partial charge in [0.05, 0.1) is 31.6 Å². The lowest BCUT2D eigenvalue weighted by Crippen LogP contribution is -2.25. The highest BCUT2D eigenvalue weighted by Gasteiger charge is 2.32. The highest BCUT2D eigenvalue weighted by atomic mass is 16.5. The van der Waals surface area contributed by atoms with E-state index in [4.69, 9.17) is 24.3 Å². The van der Waals surface area contributed by atoms with Crippen molar-refractivity contribution in [2.45, 2.75) is 25.8 Å². The third-order valence-corrected chi connectivity index (χ3v) is 5.76. The molecule has 0 bridgehead atoms. The van der Waals surface area contributed by atoms with Gasteiger partial charge in [-0.1, -0.05) is 11.2 Å². The first-order valence-electron chi connectivity index (χ1n) is 11.9. The molecule has 4 N–H and O–H groups in total. The molecule has 1 aliphatic rings. The second kappa shape index (κ2) is 11.1. The minimum atomic E-state index is -0.0430. The summed E-state index contributed by atoms with van der Waals surface area (Å²) in [6.45, 7) is 4.00. The number of nitrogens with zero attached hydrogens (tertiary/aromatic N) is 6. The number of aliphatic hydroxyl groups excluding tert-OH is 1. The largest absolute Gasteiger partial charge is 0.394 e. The van der Waals surface area contributed by atoms with Gasteiger partial charge in [0.25, 0.3) is 0 Å². The summed E-state index contributed by atoms with van der Waals surface area (Å²) in [4.78, 5) is 16.1. The number of aromatic amines is 1. The number of aryl methyl sites for hydroxylation is 1. The summed E-state index contributed by atoms with van der Waals surface area (Å²) in [6, 6.07) is 11.3. The van der Waals surface area contributed by atoms with Gasteiger partial charge in [-0.15, -0.1) is 0 Å². The smallest absolute Gasteiger partial charge is 0.229 e. The third-order valence-electron chi connectivity index (χ3n) is 5.76. The van der Waals surface area contributed by atoms with Gasteiger partial charge in [0.1, 0.15) is 17.3 Å². The normalized spacial score (nSPS) is 15.4. The molecule has 0 aromatic carbocycles. The van der Waals surface area contributed by atoms with Crippen LogP contribution in [0.4, 0.5) is 23.4 Å². The molecule has 12 nitrogen and oxygen atoms in total. The topological polar surface area (TPSA) is 150 Å². The van der Waals surface area contributed by atoms with Crippen molar-refractivity contribution < 1.29 is 14.4 Å². The maximum atomic E-state index is 8.90. The van der Waals surface area contributed by atoms with E-state index in [1.54, 1.807) is 6.20 Å². The Morgan fingerprint density at radius 1 is 1.14 bits per heavy atom. The number of pyridine rings is 1. The Balaban J connectivity index is 1.39. The van der Waals surface area contributed by atoms with Crippen molar-refractivity contribution in [1.82, 2.24) is 30.3 Å². The van der Waals surface area contributed by atoms with Gasteiger partial charge in [0, 0.05) is 43.2 Å². The van der Waals surface area contributed by atoms with Gasteiger partial charge in [0.2, 0.25) is 5.95 Å². The Bertz CT molecular complexity index is 1260. The van der Waals surface area contributed by atoms with Crippen molar-refractivity contribution >= 4 is 23.4 Å². The molecule has 0 amide bonds. The Morgan fingerprint density at radius 3 is 2.86 bits per heavy atom. The number of rotatable bonds is 11. The minimum Gasteiger partial charge on any atom is -0.394 e. The van der Waals surface area contributed by atoms with Gasteiger partial charge in [-0.05, 0) is 31.9 Å². The van der Waals surface area contributed by atoms with E-state index in [1.165, 1.54) is 0 Å². The molecule has 0 saturated carbocycles. The first kappa shape index (κ1) is 23.7. The molecule has 4 aromatic heterocycles. The van der Waals surface area contributed by atoms with Gasteiger partial charge in [0.15, 0.2) is 11.6 Å². The van der Waals surface area contributed by atoms with E-state index in [0.29, 0.717) is 48.9 Å². The van der Waals surface area contributed by atoms with Gasteiger partial charge < -0.3 is 29.9 Å². The maximum Gasteiger partial charge on any atom is 0.229 e. The van der Waals surface area contributed by atoms with Crippen LogP contribution in [0, 0.1) is 6.92 Å². The molecular formula is C24H29N9O3. The molecule has 1 unspecified atom stereocenters. The fraction of sp³-hybridized carbons (Fsp3) is 0.375. The number of aromatic nitrogens is 6. The van der Waals surface area contributed by atoms with E-state index in [-0.39, 0.29) is 12.6 Å². The number of anilines is 4. The number of hydrogen-bond donors (Lipinski definition) is 4. The van der Waals surface area contributed by atoms with Crippen molar-refractivity contribution in [1.29, 1.82) is 0 Å². The first-order valence-corrected chi connectivity index (χ1v) is 11.9. The number of H-pyrrole nitrogens is 1. The summed E-state index contributed by atoms with van der Waals surface area (Å²) >= 11 is 0. The van der Waals surface area contributed by atoms with Gasteiger partial charge in [-0.2, -0.15) is 15.1 Å². The van der Waals surface area contributed by atoms with E-state index in [0.717, 1.165) is 36.5 Å². The molecular weight excluding hydrogens is 462 g/mol. The van der Waals surface area contributed by atoms with Gasteiger partial charge in [-0.3, -0.25) is 10.1 Å². The Labute approximate surface area is 208 Å². The molecule has 0 aliphatic carbocycles. The molecule has 12 heteroatoms. The van der Waals surface area contributed by atoms with Gasteiger partial charge >= 0.3 is 0 Å². The quantitative estimate of drug-likeness (QED) is 0.229. The standard InChI is InChI=1S/C24H29N9O3/c1-16-13-23(31-30-16)27-22-15-21(26-8-11-35-12-10-34)28-24(29-22)33-9-4-6-19(33)20-14-18(32-36-20)17-5-2-3-7-25-17/h2-3,5,7,13-15,19,34H,4,6,8-12H2,1H3,(H3,26,27,28,29,30,31). The van der Waals surface area contributed by atoms with E-state index in [1.807, 2.05) is 43.3 Å². The number of hydrogen-bond acceptors (Lipinski definition) is 11. The highest BCUT2D eigenvalue weighted by Crippen LogP contribution is 2.36. The van der Waals surface area contributed by atoms with E-state index >= 15 is 0 Å². The minimum absolute atomic E-state index is 0.00512. The summed E-state index contributed by atoms with van der Waals surface area (Å²) in [5.74, 6) is 3.26. The second-order valence-electron chi connectivity index (χ2n) is 8.44. The Morgan fingerprint density at radius 2 is 2.06 bits per heavy atom. The molecule has 1 atom stereocenters. The Kier molecular flexibility index (Phi) is 7.33. The molecule has 0 spiro atoms. The van der Waals surface area contributed by atoms with Crippen LogP contribution < -0.4 is 15.5 Å². The van der Waals surface area contributed by atoms with Crippen molar-refractivity contribution in [2.75, 3.05) is 48.4 Å². The van der Waals surface area contributed by atoms with Crippen LogP contribution in [0.3, 0.4) is 0 Å². The molecule has 1 saturated heterocycles. The number of nitrogens with one attached hydrogen (secondary N) is 3. The SMILES string of the molecule is Cc1cc(Nc2cc(NCCOCCO)nc(N3CCCC3c3cc(-c4ccccn4)no3)n2)n[nH]1. The predicted octanol–water partition coefficient (Wildman–Crippen LogP) is 3.06. The zero-order valence-corrected chi connectivity index (χ0v) is 20.0. The third kappa shape index (κ3) is 5.61. The number of ether oxygens (including phenoxy) is 1. The molecule has 1 aliphatic heterocycles. The molecule has 188 valence electrons. The van der Waals surface area contributed by atoms with Crippen LogP contribution in [0.1, 0.15) is 30.3 Å². The van der Waals surface area contributed by atoms with Crippen molar-refractivity contribution in [3.8, 4) is 11.4 Å². The summed E-state index contributed by atoms with van der Waals surface area (Å²) in [5, 5.41) is 26.9. The predicted molar refractivity (Wildman–Crippen MR) is 134 cm³/mol. The second-order valence-corrected chi connectivity index (χ2v) is 8.44. The monoisotopic (exact) mass is 491 g/mol. The fourth-order valence-corrected chi connectivity index (χ4v) is 4.13. The van der Waals surface area contributed by atoms with Crippen LogP contribution in [-0.4, -0.2) is 68.3 Å². The summed E-state index contributed by atoms with van der Waals surface area (Å²) in [6.07, 6.45) is 3.61. The van der Waals surface area contributed by atoms with E-state index in [9.17, 15) is 0 Å². The molecule has 0 radical (unpaired) electrons. The number of aliphatic hydroxyl groups is 1. The van der Waals surface area contributed by atoms with Gasteiger partial charge in [-0.25, -0.2) is 0 Å². The van der Waals surface area contributed by atoms with Crippen LogP contribution in [0.2, 0.25) is 0 Å². The molecule has 5 heterocycles. The molecule has 1 fully saturated rings. The van der Waals surface area contributed by atoms with Crippen molar-refractivity contribution in [3.63, 3.8) is 0 Å². The fourth-order valence-electron chi connectivity index (χ4n) is 4.13. The molecule has 36 heavy (non-hydrogen) atoms. The Hall–Kier alpha value is -4.03. The summed E-state index contributed by atoms with van der Waals surface area (Å²) in [5.41, 5.74) is 2.41. The zero-order valence-electron chi connectivity index (χ0n) is 20.0. The lowest BCUT2D eigenvalue weighted by atomic mass is 10.1. The van der Waals surface area contributed by atoms with E-state index in [2.05, 4.69) is 35.9 Å². The maximum absolute atomic E-state index is 8.90. The summed E-state index contributed by atoms with van der Waals surface area (Å²) < 4.78 is 11.1. The average molecular weight is 492 g/mol. The lowest BCUT2D eigenvalue weighted by Gasteiger charge is -2.23. The summed E-state index contributed by atoms with van der Waals surface area (Å²) in [7, 11) is 0. The van der Waals surface area contributed by atoms with Crippen LogP contribution in [0.5, 0.6) is 0 Å². The van der Waals surface area contributed by atoms with Crippen LogP contribution in [0.25, 0.3) is 11.4 Å². The van der Waals surface area contributed by atoms with Crippen LogP contribution >= 0.6 is 0 Å². The van der Waals surface area contributed by atoms with Crippen LogP contribution in [0.15, 0.2) is 47.1 Å². The molecule has 5 rings (SSSR count). The lowest BCUT2D eigenvalue weighted by molar-refractivity contribution is 0.0992. The average Bonchev–Trinajstić information content (AvgIpc) is 3.65. The van der Waals surface area contributed by atoms with E-state index < -0.39 is 0 Å². The first-order chi connectivity index (χ1) is 17.7.